The van der Waals surface area contributed by atoms with Crippen LogP contribution in [0.15, 0.2) is 22.7 Å². The van der Waals surface area contributed by atoms with Crippen LogP contribution in [0.25, 0.3) is 0 Å². The van der Waals surface area contributed by atoms with Gasteiger partial charge in [0, 0.05) is 11.0 Å². The van der Waals surface area contributed by atoms with Crippen LogP contribution in [0.1, 0.15) is 25.3 Å². The fraction of sp³-hybridized carbons (Fsp3) is 0.600. The minimum Gasteiger partial charge on any atom is -0.494 e. The number of ether oxygens (including phenoxy) is 1. The highest BCUT2D eigenvalue weighted by Crippen LogP contribution is 2.35. The van der Waals surface area contributed by atoms with E-state index >= 15 is 0 Å². The van der Waals surface area contributed by atoms with E-state index in [1.807, 2.05) is 25.1 Å². The lowest BCUT2D eigenvalue weighted by atomic mass is 9.96. The van der Waals surface area contributed by atoms with E-state index in [0.717, 1.165) is 15.8 Å². The number of benzene rings is 1. The molecule has 2 nitrogen and oxygen atoms in total. The van der Waals surface area contributed by atoms with Gasteiger partial charge in [-0.15, -0.1) is 0 Å². The summed E-state index contributed by atoms with van der Waals surface area (Å²) in [5.41, 5.74) is 1.05. The van der Waals surface area contributed by atoms with Gasteiger partial charge in [-0.2, -0.15) is 13.2 Å². The van der Waals surface area contributed by atoms with Crippen molar-refractivity contribution >= 4 is 15.9 Å². The summed E-state index contributed by atoms with van der Waals surface area (Å²) in [4.78, 5) is 2.07. The normalized spacial score (nSPS) is 18.0. The molecule has 1 saturated heterocycles. The highest BCUT2D eigenvalue weighted by atomic mass is 79.9. The first-order chi connectivity index (χ1) is 9.90. The van der Waals surface area contributed by atoms with Crippen LogP contribution >= 0.6 is 15.9 Å². The Labute approximate surface area is 131 Å². The van der Waals surface area contributed by atoms with E-state index in [9.17, 15) is 13.2 Å². The molecule has 0 atom stereocenters. The summed E-state index contributed by atoms with van der Waals surface area (Å²) in [5, 5.41) is 0. The summed E-state index contributed by atoms with van der Waals surface area (Å²) in [6.45, 7) is 4.12. The number of halogens is 4. The lowest BCUT2D eigenvalue weighted by molar-refractivity contribution is -0.185. The largest absolute Gasteiger partial charge is 0.494 e. The third-order valence-electron chi connectivity index (χ3n) is 3.77. The molecule has 0 N–H and O–H groups in total. The molecule has 1 aliphatic heterocycles. The first kappa shape index (κ1) is 16.6. The fourth-order valence-corrected chi connectivity index (χ4v) is 2.96. The van der Waals surface area contributed by atoms with Crippen molar-refractivity contribution in [1.29, 1.82) is 0 Å². The lowest BCUT2D eigenvalue weighted by Crippen LogP contribution is -2.38. The second-order valence-electron chi connectivity index (χ2n) is 5.28. The fourth-order valence-electron chi connectivity index (χ4n) is 2.59. The molecule has 118 valence electrons. The van der Waals surface area contributed by atoms with Gasteiger partial charge < -0.3 is 4.74 Å². The zero-order valence-corrected chi connectivity index (χ0v) is 13.5. The summed E-state index contributed by atoms with van der Waals surface area (Å²) >= 11 is 3.49. The second kappa shape index (κ2) is 7.01. The molecular weight excluding hydrogens is 347 g/mol. The molecule has 0 aliphatic carbocycles. The van der Waals surface area contributed by atoms with Crippen molar-refractivity contribution in [2.45, 2.75) is 32.5 Å². The highest BCUT2D eigenvalue weighted by Gasteiger charge is 2.40. The van der Waals surface area contributed by atoms with E-state index in [4.69, 9.17) is 4.74 Å². The summed E-state index contributed by atoms with van der Waals surface area (Å²) < 4.78 is 44.4. The Kier molecular flexibility index (Phi) is 5.54. The number of nitrogens with zero attached hydrogens (tertiary/aromatic N) is 1. The van der Waals surface area contributed by atoms with Crippen LogP contribution in [0.5, 0.6) is 5.75 Å². The van der Waals surface area contributed by atoms with Crippen molar-refractivity contribution in [2.75, 3.05) is 19.7 Å². The molecule has 1 aromatic rings. The molecule has 1 aliphatic rings. The maximum Gasteiger partial charge on any atom is 0.391 e. The minimum absolute atomic E-state index is 0.187. The van der Waals surface area contributed by atoms with Gasteiger partial charge >= 0.3 is 6.18 Å². The van der Waals surface area contributed by atoms with Crippen molar-refractivity contribution in [2.24, 2.45) is 5.92 Å². The maximum absolute atomic E-state index is 12.7. The molecule has 1 heterocycles. The summed E-state index contributed by atoms with van der Waals surface area (Å²) in [6.07, 6.45) is -3.68. The average Bonchev–Trinajstić information content (AvgIpc) is 2.42. The Balaban J connectivity index is 1.95. The monoisotopic (exact) mass is 365 g/mol. The molecule has 0 unspecified atom stereocenters. The predicted octanol–water partition coefficient (Wildman–Crippen LogP) is 4.62. The Morgan fingerprint density at radius 2 is 1.95 bits per heavy atom. The van der Waals surface area contributed by atoms with Crippen molar-refractivity contribution in [3.63, 3.8) is 0 Å². The van der Waals surface area contributed by atoms with Crippen LogP contribution in [0.2, 0.25) is 0 Å². The third-order valence-corrected chi connectivity index (χ3v) is 4.55. The lowest BCUT2D eigenvalue weighted by Gasteiger charge is -2.33. The molecule has 6 heteroatoms. The Morgan fingerprint density at radius 1 is 1.29 bits per heavy atom. The molecule has 1 fully saturated rings. The van der Waals surface area contributed by atoms with Gasteiger partial charge in [0.15, 0.2) is 0 Å². The van der Waals surface area contributed by atoms with Crippen LogP contribution < -0.4 is 4.74 Å². The van der Waals surface area contributed by atoms with Gasteiger partial charge in [0.2, 0.25) is 0 Å². The number of hydrogen-bond acceptors (Lipinski definition) is 2. The van der Waals surface area contributed by atoms with Gasteiger partial charge in [-0.3, -0.25) is 4.90 Å². The van der Waals surface area contributed by atoms with Crippen LogP contribution in [-0.4, -0.2) is 30.8 Å². The van der Waals surface area contributed by atoms with Crippen molar-refractivity contribution in [3.05, 3.63) is 28.2 Å². The van der Waals surface area contributed by atoms with Gasteiger partial charge in [-0.1, -0.05) is 15.9 Å². The molecule has 0 spiro atoms. The average molecular weight is 366 g/mol. The molecule has 21 heavy (non-hydrogen) atoms. The van der Waals surface area contributed by atoms with E-state index in [1.54, 1.807) is 0 Å². The number of rotatable bonds is 4. The maximum atomic E-state index is 12.7. The summed E-state index contributed by atoms with van der Waals surface area (Å²) in [7, 11) is 0. The molecule has 0 aromatic heterocycles. The summed E-state index contributed by atoms with van der Waals surface area (Å²) in [5.74, 6) is -0.354. The second-order valence-corrected chi connectivity index (χ2v) is 6.13. The molecule has 0 amide bonds. The molecule has 0 saturated carbocycles. The standard InChI is InChI=1S/C15H19BrF3NO/c1-2-21-13-3-4-14(16)11(9-13)10-20-7-5-12(6-8-20)15(17,18)19/h3-4,9,12H,2,5-8,10H2,1H3. The predicted molar refractivity (Wildman–Crippen MR) is 79.4 cm³/mol. The Morgan fingerprint density at radius 3 is 2.52 bits per heavy atom. The molecule has 1 aromatic carbocycles. The van der Waals surface area contributed by atoms with Crippen LogP contribution in [0.4, 0.5) is 13.2 Å². The Bertz CT molecular complexity index is 470. The zero-order valence-electron chi connectivity index (χ0n) is 11.9. The molecule has 0 radical (unpaired) electrons. The molecule has 0 bridgehead atoms. The number of hydrogen-bond donors (Lipinski definition) is 0. The van der Waals surface area contributed by atoms with Gasteiger partial charge in [0.05, 0.1) is 12.5 Å². The SMILES string of the molecule is CCOc1ccc(Br)c(CN2CCC(C(F)(F)F)CC2)c1. The van der Waals surface area contributed by atoms with Crippen molar-refractivity contribution in [3.8, 4) is 5.75 Å². The van der Waals surface area contributed by atoms with Gasteiger partial charge in [-0.25, -0.2) is 0 Å². The van der Waals surface area contributed by atoms with Gasteiger partial charge in [0.25, 0.3) is 0 Å². The number of alkyl halides is 3. The topological polar surface area (TPSA) is 12.5 Å². The van der Waals surface area contributed by atoms with Gasteiger partial charge in [-0.05, 0) is 56.6 Å². The van der Waals surface area contributed by atoms with E-state index in [2.05, 4.69) is 20.8 Å². The van der Waals surface area contributed by atoms with E-state index < -0.39 is 12.1 Å². The van der Waals surface area contributed by atoms with Crippen LogP contribution in [0.3, 0.4) is 0 Å². The molecule has 2 rings (SSSR count). The van der Waals surface area contributed by atoms with Crippen LogP contribution in [-0.2, 0) is 6.54 Å². The zero-order chi connectivity index (χ0) is 15.5. The minimum atomic E-state index is -4.05. The van der Waals surface area contributed by atoms with E-state index in [-0.39, 0.29) is 12.8 Å². The van der Waals surface area contributed by atoms with E-state index in [1.165, 1.54) is 0 Å². The highest BCUT2D eigenvalue weighted by molar-refractivity contribution is 9.10. The van der Waals surface area contributed by atoms with Crippen molar-refractivity contribution < 1.29 is 17.9 Å². The first-order valence-corrected chi connectivity index (χ1v) is 7.89. The number of piperidine rings is 1. The summed E-state index contributed by atoms with van der Waals surface area (Å²) in [6, 6.07) is 5.75. The molecular formula is C15H19BrF3NO. The Hall–Kier alpha value is -0.750. The van der Waals surface area contributed by atoms with E-state index in [0.29, 0.717) is 26.2 Å². The van der Waals surface area contributed by atoms with Gasteiger partial charge in [0.1, 0.15) is 5.75 Å². The van der Waals surface area contributed by atoms with Crippen LogP contribution in [0, 0.1) is 5.92 Å². The number of likely N-dealkylation sites (tertiary alicyclic amines) is 1. The van der Waals surface area contributed by atoms with Crippen molar-refractivity contribution in [1.82, 2.24) is 4.90 Å². The smallest absolute Gasteiger partial charge is 0.391 e. The first-order valence-electron chi connectivity index (χ1n) is 7.10. The quantitative estimate of drug-likeness (QED) is 0.771. The third kappa shape index (κ3) is 4.61.